The summed E-state index contributed by atoms with van der Waals surface area (Å²) in [6, 6.07) is 3.22. The molecule has 0 fully saturated rings. The van der Waals surface area contributed by atoms with Crippen LogP contribution in [0.25, 0.3) is 0 Å². The van der Waals surface area contributed by atoms with E-state index in [1.54, 1.807) is 12.1 Å². The first kappa shape index (κ1) is 14.3. The lowest BCUT2D eigenvalue weighted by Gasteiger charge is -2.12. The van der Waals surface area contributed by atoms with Crippen LogP contribution in [-0.4, -0.2) is 22.8 Å². The van der Waals surface area contributed by atoms with Crippen molar-refractivity contribution < 1.29 is 4.79 Å². The van der Waals surface area contributed by atoms with Gasteiger partial charge >= 0.3 is 0 Å². The molecular formula is C12H16Cl2N2O. The largest absolute Gasteiger partial charge is 0.349 e. The Morgan fingerprint density at radius 3 is 2.71 bits per heavy atom. The van der Waals surface area contributed by atoms with Crippen LogP contribution < -0.4 is 5.32 Å². The zero-order valence-corrected chi connectivity index (χ0v) is 11.4. The van der Waals surface area contributed by atoms with E-state index in [-0.39, 0.29) is 11.3 Å². The molecule has 0 aliphatic heterocycles. The van der Waals surface area contributed by atoms with Crippen LogP contribution in [0.5, 0.6) is 0 Å². The lowest BCUT2D eigenvalue weighted by atomic mass is 10.1. The number of halogens is 2. The number of amides is 1. The van der Waals surface area contributed by atoms with Crippen LogP contribution in [-0.2, 0) is 0 Å². The van der Waals surface area contributed by atoms with Gasteiger partial charge in [-0.25, -0.2) is 4.98 Å². The topological polar surface area (TPSA) is 42.0 Å². The molecule has 0 saturated heterocycles. The zero-order chi connectivity index (χ0) is 12.8. The van der Waals surface area contributed by atoms with E-state index < -0.39 is 0 Å². The van der Waals surface area contributed by atoms with Gasteiger partial charge in [-0.05, 0) is 24.5 Å². The van der Waals surface area contributed by atoms with Crippen LogP contribution in [0.4, 0.5) is 0 Å². The summed E-state index contributed by atoms with van der Waals surface area (Å²) in [7, 11) is 0. The maximum atomic E-state index is 11.7. The maximum absolute atomic E-state index is 11.7. The van der Waals surface area contributed by atoms with E-state index in [4.69, 9.17) is 23.2 Å². The summed E-state index contributed by atoms with van der Waals surface area (Å²) in [6.07, 6.45) is 2.32. The van der Waals surface area contributed by atoms with Crippen molar-refractivity contribution in [1.29, 1.82) is 0 Å². The van der Waals surface area contributed by atoms with Crippen molar-refractivity contribution in [3.8, 4) is 0 Å². The van der Waals surface area contributed by atoms with Gasteiger partial charge in [-0.15, -0.1) is 11.6 Å². The summed E-state index contributed by atoms with van der Waals surface area (Å²) in [6.45, 7) is 4.64. The van der Waals surface area contributed by atoms with Crippen molar-refractivity contribution in [3.05, 3.63) is 29.0 Å². The standard InChI is InChI=1S/C12H16Cl2N2O/c1-8(2)5-10(14)7-16-12(17)11-4-3-9(13)6-15-11/h3-4,6,8,10H,5,7H2,1-2H3,(H,16,17). The number of nitrogens with zero attached hydrogens (tertiary/aromatic N) is 1. The van der Waals surface area contributed by atoms with Crippen molar-refractivity contribution in [1.82, 2.24) is 10.3 Å². The smallest absolute Gasteiger partial charge is 0.269 e. The maximum Gasteiger partial charge on any atom is 0.269 e. The fraction of sp³-hybridized carbons (Fsp3) is 0.500. The molecule has 0 aliphatic carbocycles. The third-order valence-electron chi connectivity index (χ3n) is 2.17. The fourth-order valence-electron chi connectivity index (χ4n) is 1.40. The number of nitrogens with one attached hydrogen (secondary N) is 1. The molecule has 1 aromatic rings. The lowest BCUT2D eigenvalue weighted by molar-refractivity contribution is 0.0948. The number of carbonyl (C=O) groups is 1. The highest BCUT2D eigenvalue weighted by Gasteiger charge is 2.11. The van der Waals surface area contributed by atoms with Gasteiger partial charge in [0.15, 0.2) is 0 Å². The minimum Gasteiger partial charge on any atom is -0.349 e. The zero-order valence-electron chi connectivity index (χ0n) is 9.91. The van der Waals surface area contributed by atoms with E-state index in [9.17, 15) is 4.79 Å². The average molecular weight is 275 g/mol. The summed E-state index contributed by atoms with van der Waals surface area (Å²) < 4.78 is 0. The Kier molecular flexibility index (Phi) is 5.72. The molecule has 5 heteroatoms. The van der Waals surface area contributed by atoms with Crippen molar-refractivity contribution in [2.75, 3.05) is 6.54 Å². The van der Waals surface area contributed by atoms with Crippen molar-refractivity contribution in [3.63, 3.8) is 0 Å². The number of aromatic nitrogens is 1. The molecule has 1 unspecified atom stereocenters. The van der Waals surface area contributed by atoms with Crippen molar-refractivity contribution in [2.24, 2.45) is 5.92 Å². The first-order chi connectivity index (χ1) is 7.99. The van der Waals surface area contributed by atoms with Crippen LogP contribution in [0.3, 0.4) is 0 Å². The molecule has 0 bridgehead atoms. The molecule has 1 rings (SSSR count). The first-order valence-electron chi connectivity index (χ1n) is 5.53. The molecule has 0 aromatic carbocycles. The summed E-state index contributed by atoms with van der Waals surface area (Å²) >= 11 is 11.8. The molecule has 17 heavy (non-hydrogen) atoms. The van der Waals surface area contributed by atoms with Crippen molar-refractivity contribution in [2.45, 2.75) is 25.6 Å². The number of pyridine rings is 1. The molecule has 1 aromatic heterocycles. The second kappa shape index (κ2) is 6.82. The third kappa shape index (κ3) is 5.37. The Hall–Kier alpha value is -0.800. The predicted octanol–water partition coefficient (Wildman–Crippen LogP) is 3.12. The van der Waals surface area contributed by atoms with Crippen LogP contribution in [0.2, 0.25) is 5.02 Å². The molecular weight excluding hydrogens is 259 g/mol. The van der Waals surface area contributed by atoms with E-state index in [0.717, 1.165) is 6.42 Å². The van der Waals surface area contributed by atoms with E-state index in [1.165, 1.54) is 6.20 Å². The second-order valence-corrected chi connectivity index (χ2v) is 5.35. The third-order valence-corrected chi connectivity index (χ3v) is 2.73. The monoisotopic (exact) mass is 274 g/mol. The second-order valence-electron chi connectivity index (χ2n) is 4.30. The summed E-state index contributed by atoms with van der Waals surface area (Å²) in [4.78, 5) is 15.6. The number of hydrogen-bond acceptors (Lipinski definition) is 2. The van der Waals surface area contributed by atoms with Crippen LogP contribution >= 0.6 is 23.2 Å². The van der Waals surface area contributed by atoms with E-state index in [2.05, 4.69) is 24.1 Å². The predicted molar refractivity (Wildman–Crippen MR) is 70.7 cm³/mol. The van der Waals surface area contributed by atoms with Crippen LogP contribution in [0, 0.1) is 5.92 Å². The minimum atomic E-state index is -0.226. The van der Waals surface area contributed by atoms with Gasteiger partial charge in [0.2, 0.25) is 0 Å². The lowest BCUT2D eigenvalue weighted by Crippen LogP contribution is -2.30. The summed E-state index contributed by atoms with van der Waals surface area (Å²) in [5, 5.41) is 3.21. The molecule has 1 atom stereocenters. The van der Waals surface area contributed by atoms with E-state index in [1.807, 2.05) is 0 Å². The molecule has 1 heterocycles. The normalized spacial score (nSPS) is 12.5. The van der Waals surface area contributed by atoms with Gasteiger partial charge in [-0.2, -0.15) is 0 Å². The molecule has 0 aliphatic rings. The number of hydrogen-bond donors (Lipinski definition) is 1. The fourth-order valence-corrected chi connectivity index (χ4v) is 1.94. The molecule has 1 amide bonds. The number of carbonyl (C=O) groups excluding carboxylic acids is 1. The van der Waals surface area contributed by atoms with E-state index in [0.29, 0.717) is 23.2 Å². The Balaban J connectivity index is 2.42. The Labute approximate surface area is 112 Å². The molecule has 1 N–H and O–H groups in total. The molecule has 0 saturated carbocycles. The van der Waals surface area contributed by atoms with Gasteiger partial charge in [-0.3, -0.25) is 4.79 Å². The Bertz CT molecular complexity index is 365. The molecule has 0 radical (unpaired) electrons. The summed E-state index contributed by atoms with van der Waals surface area (Å²) in [5.74, 6) is 0.291. The molecule has 3 nitrogen and oxygen atoms in total. The highest BCUT2D eigenvalue weighted by atomic mass is 35.5. The Morgan fingerprint density at radius 2 is 2.18 bits per heavy atom. The number of alkyl halides is 1. The van der Waals surface area contributed by atoms with Gasteiger partial charge in [-0.1, -0.05) is 25.4 Å². The van der Waals surface area contributed by atoms with Gasteiger partial charge in [0.1, 0.15) is 5.69 Å². The molecule has 94 valence electrons. The highest BCUT2D eigenvalue weighted by Crippen LogP contribution is 2.10. The average Bonchev–Trinajstić information content (AvgIpc) is 2.26. The minimum absolute atomic E-state index is 0.0498. The van der Waals surface area contributed by atoms with Gasteiger partial charge in [0, 0.05) is 12.7 Å². The van der Waals surface area contributed by atoms with Crippen LogP contribution in [0.15, 0.2) is 18.3 Å². The first-order valence-corrected chi connectivity index (χ1v) is 6.34. The number of rotatable bonds is 5. The van der Waals surface area contributed by atoms with Crippen molar-refractivity contribution >= 4 is 29.1 Å². The SMILES string of the molecule is CC(C)CC(Cl)CNC(=O)c1ccc(Cl)cn1. The Morgan fingerprint density at radius 1 is 1.47 bits per heavy atom. The van der Waals surface area contributed by atoms with Gasteiger partial charge < -0.3 is 5.32 Å². The van der Waals surface area contributed by atoms with Gasteiger partial charge in [0.05, 0.1) is 10.4 Å². The molecule has 0 spiro atoms. The summed E-state index contributed by atoms with van der Waals surface area (Å²) in [5.41, 5.74) is 0.350. The van der Waals surface area contributed by atoms with Crippen LogP contribution in [0.1, 0.15) is 30.8 Å². The van der Waals surface area contributed by atoms with Gasteiger partial charge in [0.25, 0.3) is 5.91 Å². The highest BCUT2D eigenvalue weighted by molar-refractivity contribution is 6.30. The quantitative estimate of drug-likeness (QED) is 0.839. The van der Waals surface area contributed by atoms with E-state index >= 15 is 0 Å².